The summed E-state index contributed by atoms with van der Waals surface area (Å²) in [5, 5.41) is 2.79. The average Bonchev–Trinajstić information content (AvgIpc) is 2.33. The Balaban J connectivity index is 2.20. The zero-order valence-corrected chi connectivity index (χ0v) is 11.0. The number of nitrogens with one attached hydrogen (secondary N) is 1. The molecule has 100 valence electrons. The third-order valence-electron chi connectivity index (χ3n) is 2.30. The summed E-state index contributed by atoms with van der Waals surface area (Å²) in [5.41, 5.74) is 6.54. The van der Waals surface area contributed by atoms with E-state index < -0.39 is 0 Å². The van der Waals surface area contributed by atoms with Crippen molar-refractivity contribution < 1.29 is 9.53 Å². The number of nitrogen functional groups attached to an aromatic ring is 1. The van der Waals surface area contributed by atoms with Crippen molar-refractivity contribution in [1.29, 1.82) is 0 Å². The minimum absolute atomic E-state index is 0.190. The van der Waals surface area contributed by atoms with Crippen LogP contribution in [0.3, 0.4) is 0 Å². The number of hydrogen-bond acceptors (Lipinski definition) is 4. The minimum atomic E-state index is -0.190. The predicted molar refractivity (Wildman–Crippen MR) is 71.3 cm³/mol. The van der Waals surface area contributed by atoms with E-state index in [1.807, 2.05) is 0 Å². The predicted octanol–water partition coefficient (Wildman–Crippen LogP) is 1.46. The van der Waals surface area contributed by atoms with Gasteiger partial charge in [0.1, 0.15) is 0 Å². The van der Waals surface area contributed by atoms with Gasteiger partial charge < -0.3 is 15.8 Å². The Labute approximate surface area is 108 Å². The van der Waals surface area contributed by atoms with Crippen LogP contribution in [0.4, 0.5) is 5.69 Å². The van der Waals surface area contributed by atoms with Gasteiger partial charge in [0.2, 0.25) is 0 Å². The van der Waals surface area contributed by atoms with E-state index in [1.54, 1.807) is 12.3 Å². The van der Waals surface area contributed by atoms with Crippen molar-refractivity contribution in [2.45, 2.75) is 20.3 Å². The number of nitrogens with zero attached hydrogens (tertiary/aromatic N) is 1. The van der Waals surface area contributed by atoms with Crippen LogP contribution in [0.5, 0.6) is 0 Å². The van der Waals surface area contributed by atoms with E-state index >= 15 is 0 Å². The lowest BCUT2D eigenvalue weighted by Crippen LogP contribution is -2.26. The van der Waals surface area contributed by atoms with Gasteiger partial charge in [-0.2, -0.15) is 0 Å². The highest BCUT2D eigenvalue weighted by Gasteiger charge is 2.08. The van der Waals surface area contributed by atoms with Crippen molar-refractivity contribution in [2.24, 2.45) is 5.92 Å². The van der Waals surface area contributed by atoms with E-state index in [4.69, 9.17) is 10.5 Å². The van der Waals surface area contributed by atoms with Crippen LogP contribution in [0, 0.1) is 5.92 Å². The molecule has 0 aromatic carbocycles. The quantitative estimate of drug-likeness (QED) is 0.719. The first-order chi connectivity index (χ1) is 8.61. The molecular weight excluding hydrogens is 230 g/mol. The Morgan fingerprint density at radius 2 is 2.33 bits per heavy atom. The summed E-state index contributed by atoms with van der Waals surface area (Å²) in [7, 11) is 0. The normalized spacial score (nSPS) is 10.6. The third kappa shape index (κ3) is 5.14. The Bertz CT molecular complexity index is 380. The molecule has 1 rings (SSSR count). The fraction of sp³-hybridized carbons (Fsp3) is 0.538. The first kappa shape index (κ1) is 14.4. The Morgan fingerprint density at radius 3 is 3.00 bits per heavy atom. The number of hydrogen-bond donors (Lipinski definition) is 2. The van der Waals surface area contributed by atoms with E-state index in [1.165, 1.54) is 6.20 Å². The van der Waals surface area contributed by atoms with Crippen LogP contribution in [0.2, 0.25) is 0 Å². The third-order valence-corrected chi connectivity index (χ3v) is 2.30. The summed E-state index contributed by atoms with van der Waals surface area (Å²) in [5.74, 6) is 0.347. The second kappa shape index (κ2) is 7.66. The summed E-state index contributed by atoms with van der Waals surface area (Å²) < 4.78 is 5.42. The minimum Gasteiger partial charge on any atom is -0.398 e. The van der Waals surface area contributed by atoms with Crippen molar-refractivity contribution in [3.8, 4) is 0 Å². The van der Waals surface area contributed by atoms with E-state index in [9.17, 15) is 4.79 Å². The molecule has 0 aliphatic carbocycles. The highest BCUT2D eigenvalue weighted by molar-refractivity contribution is 5.98. The maximum Gasteiger partial charge on any atom is 0.254 e. The van der Waals surface area contributed by atoms with Gasteiger partial charge in [0.15, 0.2) is 0 Å². The van der Waals surface area contributed by atoms with E-state index in [-0.39, 0.29) is 5.91 Å². The van der Waals surface area contributed by atoms with E-state index in [0.29, 0.717) is 30.3 Å². The first-order valence-corrected chi connectivity index (χ1v) is 6.16. The fourth-order valence-corrected chi connectivity index (χ4v) is 1.39. The van der Waals surface area contributed by atoms with Crippen LogP contribution in [0.25, 0.3) is 0 Å². The molecule has 1 aromatic heterocycles. The van der Waals surface area contributed by atoms with Gasteiger partial charge in [-0.05, 0) is 18.4 Å². The lowest BCUT2D eigenvalue weighted by atomic mass is 10.2. The molecule has 0 aliphatic rings. The molecule has 1 amide bonds. The molecule has 1 heterocycles. The number of carbonyl (C=O) groups excluding carboxylic acids is 1. The maximum absolute atomic E-state index is 11.7. The SMILES string of the molecule is CC(C)COCCCNC(=O)c1cnccc1N. The van der Waals surface area contributed by atoms with Crippen LogP contribution in [-0.2, 0) is 4.74 Å². The van der Waals surface area contributed by atoms with Gasteiger partial charge in [0.05, 0.1) is 5.56 Å². The Hall–Kier alpha value is -1.62. The molecule has 5 nitrogen and oxygen atoms in total. The van der Waals surface area contributed by atoms with Gasteiger partial charge in [0, 0.05) is 37.8 Å². The molecule has 0 bridgehead atoms. The molecule has 1 aromatic rings. The molecule has 5 heteroatoms. The van der Waals surface area contributed by atoms with Gasteiger partial charge in [0.25, 0.3) is 5.91 Å². The highest BCUT2D eigenvalue weighted by Crippen LogP contribution is 2.07. The molecule has 0 aliphatic heterocycles. The summed E-state index contributed by atoms with van der Waals surface area (Å²) in [4.78, 5) is 15.6. The average molecular weight is 251 g/mol. The van der Waals surface area contributed by atoms with Crippen molar-refractivity contribution in [3.05, 3.63) is 24.0 Å². The molecule has 0 unspecified atom stereocenters. The van der Waals surface area contributed by atoms with Gasteiger partial charge in [-0.1, -0.05) is 13.8 Å². The van der Waals surface area contributed by atoms with Gasteiger partial charge >= 0.3 is 0 Å². The molecule has 0 spiro atoms. The maximum atomic E-state index is 11.7. The van der Waals surface area contributed by atoms with Crippen LogP contribution in [0.15, 0.2) is 18.5 Å². The van der Waals surface area contributed by atoms with Crippen molar-refractivity contribution in [2.75, 3.05) is 25.5 Å². The summed E-state index contributed by atoms with van der Waals surface area (Å²) in [6.07, 6.45) is 3.82. The topological polar surface area (TPSA) is 77.2 Å². The molecule has 0 saturated carbocycles. The number of aromatic nitrogens is 1. The number of rotatable bonds is 7. The highest BCUT2D eigenvalue weighted by atomic mass is 16.5. The number of anilines is 1. The molecule has 0 atom stereocenters. The standard InChI is InChI=1S/C13H21N3O2/c1-10(2)9-18-7-3-5-16-13(17)11-8-15-6-4-12(11)14/h4,6,8,10H,3,5,7,9H2,1-2H3,(H2,14,15)(H,16,17). The van der Waals surface area contributed by atoms with Crippen LogP contribution in [0.1, 0.15) is 30.6 Å². The molecule has 0 saturated heterocycles. The lowest BCUT2D eigenvalue weighted by Gasteiger charge is -2.08. The zero-order valence-electron chi connectivity index (χ0n) is 11.0. The summed E-state index contributed by atoms with van der Waals surface area (Å²) >= 11 is 0. The van der Waals surface area contributed by atoms with Crippen LogP contribution < -0.4 is 11.1 Å². The second-order valence-electron chi connectivity index (χ2n) is 4.54. The van der Waals surface area contributed by atoms with Gasteiger partial charge in [-0.15, -0.1) is 0 Å². The molecule has 0 radical (unpaired) electrons. The number of nitrogens with two attached hydrogens (primary N) is 1. The van der Waals surface area contributed by atoms with Crippen molar-refractivity contribution >= 4 is 11.6 Å². The van der Waals surface area contributed by atoms with E-state index in [0.717, 1.165) is 13.0 Å². The summed E-state index contributed by atoms with van der Waals surface area (Å²) in [6, 6.07) is 1.61. The summed E-state index contributed by atoms with van der Waals surface area (Å²) in [6.45, 7) is 6.19. The number of carbonyl (C=O) groups is 1. The zero-order chi connectivity index (χ0) is 13.4. The van der Waals surface area contributed by atoms with Crippen molar-refractivity contribution in [1.82, 2.24) is 10.3 Å². The molecular formula is C13H21N3O2. The molecule has 3 N–H and O–H groups in total. The Morgan fingerprint density at radius 1 is 1.56 bits per heavy atom. The Kier molecular flexibility index (Phi) is 6.14. The first-order valence-electron chi connectivity index (χ1n) is 6.16. The largest absolute Gasteiger partial charge is 0.398 e. The van der Waals surface area contributed by atoms with E-state index in [2.05, 4.69) is 24.1 Å². The molecule has 0 fully saturated rings. The van der Waals surface area contributed by atoms with Crippen LogP contribution >= 0.6 is 0 Å². The van der Waals surface area contributed by atoms with Crippen LogP contribution in [-0.4, -0.2) is 30.6 Å². The lowest BCUT2D eigenvalue weighted by molar-refractivity contribution is 0.0925. The van der Waals surface area contributed by atoms with Crippen molar-refractivity contribution in [3.63, 3.8) is 0 Å². The molecule has 18 heavy (non-hydrogen) atoms. The second-order valence-corrected chi connectivity index (χ2v) is 4.54. The number of amides is 1. The fourth-order valence-electron chi connectivity index (χ4n) is 1.39. The number of pyridine rings is 1. The van der Waals surface area contributed by atoms with Gasteiger partial charge in [-0.3, -0.25) is 9.78 Å². The monoisotopic (exact) mass is 251 g/mol. The smallest absolute Gasteiger partial charge is 0.254 e. The van der Waals surface area contributed by atoms with Gasteiger partial charge in [-0.25, -0.2) is 0 Å². The number of ether oxygens (including phenoxy) is 1.